The molecule has 0 saturated heterocycles. The number of nitrogen functional groups attached to an aromatic ring is 2. The molecule has 2 heterocycles. The number of ketones is 4. The fourth-order valence-corrected chi connectivity index (χ4v) is 14.3. The third kappa shape index (κ3) is 11.6. The Labute approximate surface area is 514 Å². The third-order valence-corrected chi connectivity index (χ3v) is 19.0. The van der Waals surface area contributed by atoms with Gasteiger partial charge in [0, 0.05) is 46.2 Å². The number of nitrogens with zero attached hydrogens (tertiary/aromatic N) is 6. The van der Waals surface area contributed by atoms with E-state index in [1.807, 2.05) is 0 Å². The van der Waals surface area contributed by atoms with Crippen molar-refractivity contribution < 1.29 is 79.8 Å². The summed E-state index contributed by atoms with van der Waals surface area (Å²) in [4.78, 5) is 75.7. The summed E-state index contributed by atoms with van der Waals surface area (Å²) in [6, 6.07) is 11.8. The summed E-state index contributed by atoms with van der Waals surface area (Å²) in [5.74, 6) is -5.47. The normalized spacial score (nSPS) is 13.4. The lowest BCUT2D eigenvalue weighted by atomic mass is 9.82. The van der Waals surface area contributed by atoms with Gasteiger partial charge < -0.3 is 43.4 Å². The van der Waals surface area contributed by atoms with Crippen LogP contribution in [0.1, 0.15) is 104 Å². The van der Waals surface area contributed by atoms with E-state index < -0.39 is 170 Å². The number of carbonyl (C=O) groups excluding carboxylic acids is 4. The van der Waals surface area contributed by atoms with Gasteiger partial charge in [-0.25, -0.2) is 0 Å². The van der Waals surface area contributed by atoms with Crippen LogP contribution in [0.15, 0.2) is 80.2 Å². The van der Waals surface area contributed by atoms with Gasteiger partial charge in [-0.05, 0) is 94.0 Å². The summed E-state index contributed by atoms with van der Waals surface area (Å²) in [6.07, 6.45) is -2.80. The maximum atomic E-state index is 15.4. The van der Waals surface area contributed by atoms with E-state index >= 15 is 8.78 Å². The van der Waals surface area contributed by atoms with Crippen molar-refractivity contribution in [3.05, 3.63) is 151 Å². The van der Waals surface area contributed by atoms with E-state index in [9.17, 15) is 71.1 Å². The molecule has 0 amide bonds. The van der Waals surface area contributed by atoms with E-state index in [1.54, 1.807) is 0 Å². The fraction of sp³-hybridized carbons (Fsp3) is 0.164. The number of hydrogen-bond donors (Lipinski definition) is 12. The molecule has 0 fully saturated rings. The molecule has 36 heteroatoms. The Bertz CT molecular complexity index is 5120. The number of halogens is 2. The molecule has 0 spiro atoms. The van der Waals surface area contributed by atoms with Crippen LogP contribution in [0.5, 0.6) is 0 Å². The van der Waals surface area contributed by atoms with Crippen molar-refractivity contribution in [3.63, 3.8) is 0 Å². The largest absolute Gasteiger partial charge is 0.397 e. The lowest BCUT2D eigenvalue weighted by Crippen LogP contribution is -2.27. The Morgan fingerprint density at radius 3 is 1.09 bits per heavy atom. The molecule has 8 aromatic rings. The second-order valence-corrected chi connectivity index (χ2v) is 26.3. The molecular weight excluding hydrogens is 1280 g/mol. The minimum Gasteiger partial charge on any atom is -0.397 e. The molecule has 0 aliphatic heterocycles. The molecular formula is C55H48F2N14O16S4. The molecule has 14 N–H and O–H groups in total. The molecule has 6 aromatic carbocycles. The summed E-state index contributed by atoms with van der Waals surface area (Å²) >= 11 is 0. The van der Waals surface area contributed by atoms with Gasteiger partial charge in [0.05, 0.1) is 56.4 Å². The van der Waals surface area contributed by atoms with E-state index in [0.717, 1.165) is 12.1 Å². The van der Waals surface area contributed by atoms with Crippen molar-refractivity contribution in [2.75, 3.05) is 49.9 Å². The summed E-state index contributed by atoms with van der Waals surface area (Å²) in [5.41, 5.74) is 5.81. The highest BCUT2D eigenvalue weighted by Crippen LogP contribution is 2.47. The summed E-state index contributed by atoms with van der Waals surface area (Å²) < 4.78 is 176. The number of hydrogen-bond acceptors (Lipinski definition) is 26. The van der Waals surface area contributed by atoms with Gasteiger partial charge in [0.25, 0.3) is 40.5 Å². The highest BCUT2D eigenvalue weighted by molar-refractivity contribution is 7.86. The van der Waals surface area contributed by atoms with Crippen molar-refractivity contribution in [1.82, 2.24) is 29.9 Å². The van der Waals surface area contributed by atoms with Crippen LogP contribution in [0.3, 0.4) is 0 Å². The second-order valence-electron chi connectivity index (χ2n) is 20.8. The molecule has 1 unspecified atom stereocenters. The van der Waals surface area contributed by atoms with Crippen molar-refractivity contribution >= 4 is 133 Å². The molecule has 10 rings (SSSR count). The number of benzene rings is 6. The van der Waals surface area contributed by atoms with Crippen molar-refractivity contribution in [2.45, 2.75) is 74.1 Å². The van der Waals surface area contributed by atoms with Gasteiger partial charge in [0.15, 0.2) is 23.1 Å². The smallest absolute Gasteiger partial charge is 0.315 e. The first kappa shape index (κ1) is 63.9. The standard InChI is InChI=1S/C55H48F2N14O16S4/c1-19(61-53-67-51(57)69-55(71-53)65-43-21(3)41(23(5)49(25(43)7)91(85,86)87)63-31-17-33(89(79,80)81)39(59)37-35(31)45(73)27-13-9-11-15-29(27)47(37)75)18-60-52-66-50(56)68-54(70-52)64-42-20(2)40(22(4)48(24(42)6)90(82,83)84)62-30-16-32(88(76,77)78)38(58)36-34(30)44(72)26-12-8-10-14-28(26)46(36)74/h8-17,19,62-63H,18,58-59H2,1-7H3,(H,76,77,78)(H,79,80,81)(H,82,83,84)(H,85,86,87)(H2,60,64,66,68,70)(H2,61,65,67,69,71). The summed E-state index contributed by atoms with van der Waals surface area (Å²) in [6.45, 7) is 9.06. The van der Waals surface area contributed by atoms with Gasteiger partial charge in [0.2, 0.25) is 23.8 Å². The highest BCUT2D eigenvalue weighted by atomic mass is 32.2. The molecule has 2 aliphatic rings. The van der Waals surface area contributed by atoms with Crippen LogP contribution in [0.25, 0.3) is 0 Å². The Balaban J connectivity index is 0.933. The SMILES string of the molecule is Cc1c(Nc2nc(F)nc(NCC(C)Nc3nc(F)nc(Nc4c(C)c(Nc5cc(S(=O)(=O)O)c(N)c6c5C(=O)c5ccccc5C6=O)c(C)c(S(=O)(=O)O)c4C)n3)n2)c(C)c(S(=O)(=O)O)c(C)c1Nc1cc(S(=O)(=O)O)c(N)c2c1C(=O)c1ccccc1C2=O. The number of carbonyl (C=O) groups is 4. The Morgan fingerprint density at radius 1 is 0.440 bits per heavy atom. The number of aromatic nitrogens is 6. The number of rotatable bonds is 17. The van der Waals surface area contributed by atoms with Crippen LogP contribution in [0.2, 0.25) is 0 Å². The molecule has 2 aliphatic carbocycles. The predicted molar refractivity (Wildman–Crippen MR) is 323 cm³/mol. The van der Waals surface area contributed by atoms with Crippen LogP contribution >= 0.6 is 0 Å². The van der Waals surface area contributed by atoms with Crippen LogP contribution < -0.4 is 43.4 Å². The number of anilines is 12. The predicted octanol–water partition coefficient (Wildman–Crippen LogP) is 6.77. The average molecular weight is 1330 g/mol. The molecule has 30 nitrogen and oxygen atoms in total. The lowest BCUT2D eigenvalue weighted by Gasteiger charge is -2.26. The van der Waals surface area contributed by atoms with Crippen LogP contribution in [0.4, 0.5) is 78.1 Å². The highest BCUT2D eigenvalue weighted by Gasteiger charge is 2.40. The van der Waals surface area contributed by atoms with E-state index in [-0.39, 0.29) is 84.9 Å². The zero-order valence-corrected chi connectivity index (χ0v) is 51.2. The summed E-state index contributed by atoms with van der Waals surface area (Å²) in [7, 11) is -20.8. The minimum absolute atomic E-state index is 0.0443. The van der Waals surface area contributed by atoms with Gasteiger partial charge in [-0.1, -0.05) is 48.5 Å². The maximum Gasteiger partial charge on any atom is 0.315 e. The van der Waals surface area contributed by atoms with E-state index in [4.69, 9.17) is 11.5 Å². The first-order valence-electron chi connectivity index (χ1n) is 26.3. The molecule has 91 heavy (non-hydrogen) atoms. The fourth-order valence-electron chi connectivity index (χ4n) is 11.1. The van der Waals surface area contributed by atoms with Crippen molar-refractivity contribution in [1.29, 1.82) is 0 Å². The van der Waals surface area contributed by atoms with Gasteiger partial charge in [-0.3, -0.25) is 37.4 Å². The average Bonchev–Trinajstić information content (AvgIpc) is 0.740. The summed E-state index contributed by atoms with van der Waals surface area (Å²) in [5, 5.41) is 16.6. The Hall–Kier alpha value is -10.1. The first-order valence-corrected chi connectivity index (χ1v) is 32.0. The first-order chi connectivity index (χ1) is 42.4. The van der Waals surface area contributed by atoms with Crippen molar-refractivity contribution in [2.24, 2.45) is 0 Å². The molecule has 0 saturated carbocycles. The van der Waals surface area contributed by atoms with Gasteiger partial charge in [-0.2, -0.15) is 72.4 Å². The van der Waals surface area contributed by atoms with Gasteiger partial charge >= 0.3 is 12.2 Å². The minimum atomic E-state index is -5.22. The van der Waals surface area contributed by atoms with E-state index in [1.165, 1.54) is 97.0 Å². The maximum absolute atomic E-state index is 15.4. The Morgan fingerprint density at radius 2 is 0.747 bits per heavy atom. The van der Waals surface area contributed by atoms with Crippen LogP contribution in [0, 0.1) is 53.7 Å². The number of nitrogens with one attached hydrogen (secondary N) is 6. The van der Waals surface area contributed by atoms with E-state index in [0.29, 0.717) is 0 Å². The zero-order chi connectivity index (χ0) is 66.6. The zero-order valence-electron chi connectivity index (χ0n) is 48.0. The number of nitrogens with two attached hydrogens (primary N) is 2. The molecule has 0 bridgehead atoms. The second kappa shape index (κ2) is 22.7. The monoisotopic (exact) mass is 1330 g/mol. The van der Waals surface area contributed by atoms with Crippen LogP contribution in [-0.4, -0.2) is 118 Å². The molecule has 472 valence electrons. The molecule has 1 atom stereocenters. The van der Waals surface area contributed by atoms with Crippen LogP contribution in [-0.2, 0) is 40.5 Å². The van der Waals surface area contributed by atoms with Crippen molar-refractivity contribution in [3.8, 4) is 0 Å². The Kier molecular flexibility index (Phi) is 16.0. The topological polar surface area (TPSA) is 487 Å². The lowest BCUT2D eigenvalue weighted by molar-refractivity contribution is 0.0980. The van der Waals surface area contributed by atoms with Gasteiger partial charge in [0.1, 0.15) is 19.6 Å². The van der Waals surface area contributed by atoms with Gasteiger partial charge in [-0.15, -0.1) is 0 Å². The molecule has 2 aromatic heterocycles. The third-order valence-electron chi connectivity index (χ3n) is 15.0. The quantitative estimate of drug-likeness (QED) is 0.0330. The molecule has 0 radical (unpaired) electrons. The van der Waals surface area contributed by atoms with E-state index in [2.05, 4.69) is 61.8 Å². The number of fused-ring (bicyclic) bond motifs is 4.